The van der Waals surface area contributed by atoms with Gasteiger partial charge in [0.05, 0.1) is 11.5 Å². The zero-order valence-electron chi connectivity index (χ0n) is 12.1. The van der Waals surface area contributed by atoms with Crippen LogP contribution in [0.4, 0.5) is 5.69 Å². The highest BCUT2D eigenvalue weighted by molar-refractivity contribution is 5.33. The predicted molar refractivity (Wildman–Crippen MR) is 82.7 cm³/mol. The molecule has 1 aromatic heterocycles. The normalized spacial score (nSPS) is 12.0. The van der Waals surface area contributed by atoms with Crippen molar-refractivity contribution in [3.05, 3.63) is 88.0 Å². The van der Waals surface area contributed by atoms with Gasteiger partial charge in [-0.2, -0.15) is 0 Å². The smallest absolute Gasteiger partial charge is 0.269 e. The molecule has 3 rings (SSSR count). The number of nitrogens with zero attached hydrogens (tertiary/aromatic N) is 4. The van der Waals surface area contributed by atoms with Crippen LogP contribution in [0.2, 0.25) is 0 Å². The van der Waals surface area contributed by atoms with E-state index >= 15 is 0 Å². The van der Waals surface area contributed by atoms with Crippen molar-refractivity contribution in [2.45, 2.75) is 12.6 Å². The highest BCUT2D eigenvalue weighted by atomic mass is 16.6. The van der Waals surface area contributed by atoms with E-state index in [1.54, 1.807) is 16.7 Å². The van der Waals surface area contributed by atoms with Crippen LogP contribution >= 0.6 is 0 Å². The van der Waals surface area contributed by atoms with Crippen LogP contribution in [0, 0.1) is 10.1 Å². The fourth-order valence-electron chi connectivity index (χ4n) is 2.30. The zero-order chi connectivity index (χ0) is 16.2. The summed E-state index contributed by atoms with van der Waals surface area (Å²) < 4.78 is 1.72. The third kappa shape index (κ3) is 3.24. The molecule has 7 nitrogen and oxygen atoms in total. The highest BCUT2D eigenvalue weighted by Crippen LogP contribution is 2.20. The van der Waals surface area contributed by atoms with Gasteiger partial charge in [0.25, 0.3) is 5.69 Å². The van der Waals surface area contributed by atoms with Gasteiger partial charge < -0.3 is 9.67 Å². The number of hydrogen-bond acceptors (Lipinski definition) is 5. The SMILES string of the molecule is O=[N+]([O-])c1ccc(Cn2cnnc2C(O)c2ccccc2)cc1. The predicted octanol–water partition coefficient (Wildman–Crippen LogP) is 2.32. The van der Waals surface area contributed by atoms with Gasteiger partial charge in [0.15, 0.2) is 5.82 Å². The molecule has 0 saturated carbocycles. The molecule has 0 fully saturated rings. The second-order valence-electron chi connectivity index (χ2n) is 5.05. The van der Waals surface area contributed by atoms with E-state index in [4.69, 9.17) is 0 Å². The molecule has 0 aliphatic rings. The molecule has 3 aromatic rings. The van der Waals surface area contributed by atoms with Crippen molar-refractivity contribution in [3.8, 4) is 0 Å². The fraction of sp³-hybridized carbons (Fsp3) is 0.125. The van der Waals surface area contributed by atoms with Gasteiger partial charge in [-0.05, 0) is 11.1 Å². The molecule has 0 aliphatic heterocycles. The maximum Gasteiger partial charge on any atom is 0.269 e. The third-order valence-electron chi connectivity index (χ3n) is 3.51. The molecule has 0 spiro atoms. The van der Waals surface area contributed by atoms with E-state index in [9.17, 15) is 15.2 Å². The quantitative estimate of drug-likeness (QED) is 0.576. The molecule has 7 heteroatoms. The summed E-state index contributed by atoms with van der Waals surface area (Å²) in [5.74, 6) is 0.426. The summed E-state index contributed by atoms with van der Waals surface area (Å²) in [6.45, 7) is 0.421. The summed E-state index contributed by atoms with van der Waals surface area (Å²) in [6, 6.07) is 15.4. The van der Waals surface area contributed by atoms with Crippen molar-refractivity contribution < 1.29 is 10.0 Å². The first-order chi connectivity index (χ1) is 11.1. The molecular formula is C16H14N4O3. The summed E-state index contributed by atoms with van der Waals surface area (Å²) in [7, 11) is 0. The lowest BCUT2D eigenvalue weighted by molar-refractivity contribution is -0.384. The van der Waals surface area contributed by atoms with Crippen LogP contribution in [0.1, 0.15) is 23.1 Å². The average Bonchev–Trinajstić information content (AvgIpc) is 3.03. The van der Waals surface area contributed by atoms with Crippen LogP contribution in [0.15, 0.2) is 60.9 Å². The number of nitro benzene ring substituents is 1. The summed E-state index contributed by atoms with van der Waals surface area (Å²) >= 11 is 0. The van der Waals surface area contributed by atoms with E-state index in [1.165, 1.54) is 18.5 Å². The van der Waals surface area contributed by atoms with Gasteiger partial charge in [0.1, 0.15) is 12.4 Å². The zero-order valence-corrected chi connectivity index (χ0v) is 12.1. The van der Waals surface area contributed by atoms with Crippen LogP contribution < -0.4 is 0 Å². The Morgan fingerprint density at radius 3 is 2.48 bits per heavy atom. The molecule has 1 heterocycles. The van der Waals surface area contributed by atoms with Crippen LogP contribution in [0.5, 0.6) is 0 Å². The number of aliphatic hydroxyl groups is 1. The molecular weight excluding hydrogens is 296 g/mol. The van der Waals surface area contributed by atoms with Crippen LogP contribution in [-0.2, 0) is 6.54 Å². The second-order valence-corrected chi connectivity index (χ2v) is 5.05. The summed E-state index contributed by atoms with van der Waals surface area (Å²) in [6.07, 6.45) is 0.653. The first kappa shape index (κ1) is 14.9. The van der Waals surface area contributed by atoms with Crippen LogP contribution in [0.3, 0.4) is 0 Å². The molecule has 2 aromatic carbocycles. The average molecular weight is 310 g/mol. The Morgan fingerprint density at radius 2 is 1.83 bits per heavy atom. The molecule has 1 unspecified atom stereocenters. The van der Waals surface area contributed by atoms with Gasteiger partial charge in [0.2, 0.25) is 0 Å². The number of rotatable bonds is 5. The summed E-state index contributed by atoms with van der Waals surface area (Å²) in [5, 5.41) is 29.0. The van der Waals surface area contributed by atoms with E-state index in [0.29, 0.717) is 12.4 Å². The first-order valence-corrected chi connectivity index (χ1v) is 6.99. The van der Waals surface area contributed by atoms with Crippen molar-refractivity contribution in [3.63, 3.8) is 0 Å². The van der Waals surface area contributed by atoms with Gasteiger partial charge in [-0.1, -0.05) is 42.5 Å². The van der Waals surface area contributed by atoms with Crippen LogP contribution in [-0.4, -0.2) is 24.8 Å². The fourth-order valence-corrected chi connectivity index (χ4v) is 2.30. The van der Waals surface area contributed by atoms with Gasteiger partial charge in [-0.15, -0.1) is 10.2 Å². The molecule has 0 saturated heterocycles. The van der Waals surface area contributed by atoms with E-state index in [1.807, 2.05) is 30.3 Å². The standard InChI is InChI=1S/C16H14N4O3/c21-15(13-4-2-1-3-5-13)16-18-17-11-19(16)10-12-6-8-14(9-7-12)20(22)23/h1-9,11,15,21H,10H2. The van der Waals surface area contributed by atoms with Crippen molar-refractivity contribution >= 4 is 5.69 Å². The molecule has 1 N–H and O–H groups in total. The van der Waals surface area contributed by atoms with Crippen molar-refractivity contribution in [2.24, 2.45) is 0 Å². The second kappa shape index (κ2) is 6.37. The monoisotopic (exact) mass is 310 g/mol. The minimum absolute atomic E-state index is 0.0436. The highest BCUT2D eigenvalue weighted by Gasteiger charge is 2.17. The molecule has 0 amide bonds. The topological polar surface area (TPSA) is 94.1 Å². The van der Waals surface area contributed by atoms with Gasteiger partial charge >= 0.3 is 0 Å². The van der Waals surface area contributed by atoms with E-state index in [0.717, 1.165) is 11.1 Å². The number of benzene rings is 2. The summed E-state index contributed by atoms with van der Waals surface area (Å²) in [4.78, 5) is 10.2. The molecule has 1 atom stereocenters. The van der Waals surface area contributed by atoms with Gasteiger partial charge in [0, 0.05) is 12.1 Å². The Labute approximate surface area is 132 Å². The number of nitro groups is 1. The van der Waals surface area contributed by atoms with Crippen molar-refractivity contribution in [1.29, 1.82) is 0 Å². The Bertz CT molecular complexity index is 800. The van der Waals surface area contributed by atoms with Crippen molar-refractivity contribution in [2.75, 3.05) is 0 Å². The van der Waals surface area contributed by atoms with E-state index < -0.39 is 11.0 Å². The maximum atomic E-state index is 10.7. The minimum Gasteiger partial charge on any atom is -0.380 e. The molecule has 0 aliphatic carbocycles. The molecule has 23 heavy (non-hydrogen) atoms. The third-order valence-corrected chi connectivity index (χ3v) is 3.51. The Hall–Kier alpha value is -3.06. The maximum absolute atomic E-state index is 10.7. The number of non-ortho nitro benzene ring substituents is 1. The minimum atomic E-state index is -0.878. The molecule has 116 valence electrons. The lowest BCUT2D eigenvalue weighted by Gasteiger charge is -2.12. The number of aromatic nitrogens is 3. The van der Waals surface area contributed by atoms with Gasteiger partial charge in [-0.25, -0.2) is 0 Å². The van der Waals surface area contributed by atoms with E-state index in [-0.39, 0.29) is 5.69 Å². The Kier molecular flexibility index (Phi) is 4.11. The van der Waals surface area contributed by atoms with Crippen LogP contribution in [0.25, 0.3) is 0 Å². The van der Waals surface area contributed by atoms with E-state index in [2.05, 4.69) is 10.2 Å². The Morgan fingerprint density at radius 1 is 1.13 bits per heavy atom. The Balaban J connectivity index is 1.82. The first-order valence-electron chi connectivity index (χ1n) is 6.99. The summed E-state index contributed by atoms with van der Waals surface area (Å²) in [5.41, 5.74) is 1.63. The largest absolute Gasteiger partial charge is 0.380 e. The van der Waals surface area contributed by atoms with Gasteiger partial charge in [-0.3, -0.25) is 10.1 Å². The lowest BCUT2D eigenvalue weighted by atomic mass is 10.1. The number of hydrogen-bond donors (Lipinski definition) is 1. The molecule has 0 radical (unpaired) electrons. The lowest BCUT2D eigenvalue weighted by Crippen LogP contribution is -2.10. The number of aliphatic hydroxyl groups excluding tert-OH is 1. The van der Waals surface area contributed by atoms with Crippen molar-refractivity contribution in [1.82, 2.24) is 14.8 Å². The molecule has 0 bridgehead atoms.